The SMILES string of the molecule is O[C@@H]1CCCC2CC2CCC[C@H]1Oc1cnn(Cc2ccccc2)c1. The van der Waals surface area contributed by atoms with Gasteiger partial charge in [0.1, 0.15) is 6.10 Å². The van der Waals surface area contributed by atoms with Crippen molar-refractivity contribution in [3.8, 4) is 5.75 Å². The van der Waals surface area contributed by atoms with Crippen LogP contribution in [0.2, 0.25) is 0 Å². The summed E-state index contributed by atoms with van der Waals surface area (Å²) in [6, 6.07) is 10.3. The smallest absolute Gasteiger partial charge is 0.157 e. The average Bonchev–Trinajstić information content (AvgIpc) is 3.22. The molecule has 1 heterocycles. The molecule has 2 saturated carbocycles. The van der Waals surface area contributed by atoms with Crippen LogP contribution in [-0.2, 0) is 6.54 Å². The molecular formula is C21H28N2O2. The number of rotatable bonds is 4. The molecule has 0 amide bonds. The molecule has 0 saturated heterocycles. The Kier molecular flexibility index (Phi) is 5.07. The molecule has 2 aromatic rings. The second-order valence-corrected chi connectivity index (χ2v) is 7.70. The van der Waals surface area contributed by atoms with Gasteiger partial charge in [-0.15, -0.1) is 0 Å². The Labute approximate surface area is 149 Å². The number of hydrogen-bond acceptors (Lipinski definition) is 3. The summed E-state index contributed by atoms with van der Waals surface area (Å²) in [6.07, 6.45) is 11.3. The average molecular weight is 340 g/mol. The van der Waals surface area contributed by atoms with Gasteiger partial charge in [0.2, 0.25) is 0 Å². The van der Waals surface area contributed by atoms with Crippen molar-refractivity contribution in [3.05, 3.63) is 48.3 Å². The lowest BCUT2D eigenvalue weighted by atomic mass is 9.97. The lowest BCUT2D eigenvalue weighted by Gasteiger charge is -2.24. The van der Waals surface area contributed by atoms with Crippen molar-refractivity contribution in [2.45, 2.75) is 63.7 Å². The summed E-state index contributed by atoms with van der Waals surface area (Å²) in [5, 5.41) is 14.9. The van der Waals surface area contributed by atoms with Crippen LogP contribution < -0.4 is 4.74 Å². The molecule has 4 nitrogen and oxygen atoms in total. The van der Waals surface area contributed by atoms with Crippen LogP contribution in [0, 0.1) is 11.8 Å². The monoisotopic (exact) mass is 340 g/mol. The van der Waals surface area contributed by atoms with E-state index in [0.717, 1.165) is 49.8 Å². The lowest BCUT2D eigenvalue weighted by molar-refractivity contribution is 0.0216. The van der Waals surface area contributed by atoms with Gasteiger partial charge in [-0.05, 0) is 43.1 Å². The maximum absolute atomic E-state index is 10.5. The predicted octanol–water partition coefficient (Wildman–Crippen LogP) is 4.03. The Bertz CT molecular complexity index is 670. The summed E-state index contributed by atoms with van der Waals surface area (Å²) in [6.45, 7) is 0.737. The van der Waals surface area contributed by atoms with Gasteiger partial charge >= 0.3 is 0 Å². The minimum atomic E-state index is -0.368. The number of ether oxygens (including phenoxy) is 1. The third-order valence-electron chi connectivity index (χ3n) is 5.72. The molecule has 0 bridgehead atoms. The topological polar surface area (TPSA) is 47.3 Å². The third kappa shape index (κ3) is 4.43. The number of nitrogens with zero attached hydrogens (tertiary/aromatic N) is 2. The van der Waals surface area contributed by atoms with E-state index in [4.69, 9.17) is 4.74 Å². The van der Waals surface area contributed by atoms with Gasteiger partial charge in [-0.2, -0.15) is 5.10 Å². The molecule has 2 unspecified atom stereocenters. The van der Waals surface area contributed by atoms with Crippen LogP contribution in [0.1, 0.15) is 50.5 Å². The zero-order chi connectivity index (χ0) is 17.1. The second kappa shape index (κ2) is 7.61. The van der Waals surface area contributed by atoms with Crippen molar-refractivity contribution in [1.82, 2.24) is 9.78 Å². The number of aliphatic hydroxyl groups is 1. The zero-order valence-electron chi connectivity index (χ0n) is 14.8. The first kappa shape index (κ1) is 16.6. The fourth-order valence-electron chi connectivity index (χ4n) is 4.14. The third-order valence-corrected chi connectivity index (χ3v) is 5.72. The van der Waals surface area contributed by atoms with Crippen LogP contribution >= 0.6 is 0 Å². The minimum absolute atomic E-state index is 0.107. The van der Waals surface area contributed by atoms with Crippen molar-refractivity contribution in [1.29, 1.82) is 0 Å². The largest absolute Gasteiger partial charge is 0.484 e. The van der Waals surface area contributed by atoms with Crippen molar-refractivity contribution < 1.29 is 9.84 Å². The summed E-state index contributed by atoms with van der Waals surface area (Å²) >= 11 is 0. The molecule has 0 aliphatic heterocycles. The number of aromatic nitrogens is 2. The Balaban J connectivity index is 1.36. The van der Waals surface area contributed by atoms with Crippen LogP contribution in [0.25, 0.3) is 0 Å². The van der Waals surface area contributed by atoms with Crippen molar-refractivity contribution in [2.75, 3.05) is 0 Å². The quantitative estimate of drug-likeness (QED) is 0.914. The fourth-order valence-corrected chi connectivity index (χ4v) is 4.14. The number of benzene rings is 1. The Morgan fingerprint density at radius 2 is 1.80 bits per heavy atom. The molecule has 1 aromatic carbocycles. The summed E-state index contributed by atoms with van der Waals surface area (Å²) in [5.41, 5.74) is 1.22. The van der Waals surface area contributed by atoms with E-state index in [1.54, 1.807) is 6.20 Å². The van der Waals surface area contributed by atoms with E-state index in [-0.39, 0.29) is 12.2 Å². The number of fused-ring (bicyclic) bond motifs is 1. The first-order valence-corrected chi connectivity index (χ1v) is 9.69. The Hall–Kier alpha value is -1.81. The van der Waals surface area contributed by atoms with E-state index < -0.39 is 0 Å². The molecule has 4 rings (SSSR count). The van der Waals surface area contributed by atoms with Gasteiger partial charge in [0.25, 0.3) is 0 Å². The van der Waals surface area contributed by atoms with Crippen LogP contribution in [-0.4, -0.2) is 27.1 Å². The predicted molar refractivity (Wildman–Crippen MR) is 97.5 cm³/mol. The number of hydrogen-bond donors (Lipinski definition) is 1. The van der Waals surface area contributed by atoms with Gasteiger partial charge in [-0.25, -0.2) is 0 Å². The molecule has 0 spiro atoms. The van der Waals surface area contributed by atoms with E-state index >= 15 is 0 Å². The lowest BCUT2D eigenvalue weighted by Crippen LogP contribution is -2.32. The van der Waals surface area contributed by atoms with Crippen LogP contribution in [0.5, 0.6) is 5.75 Å². The summed E-state index contributed by atoms with van der Waals surface area (Å²) < 4.78 is 8.03. The minimum Gasteiger partial charge on any atom is -0.484 e. The molecule has 0 radical (unpaired) electrons. The highest BCUT2D eigenvalue weighted by molar-refractivity contribution is 5.17. The maximum Gasteiger partial charge on any atom is 0.157 e. The molecule has 2 aliphatic rings. The van der Waals surface area contributed by atoms with E-state index in [1.165, 1.54) is 24.8 Å². The maximum atomic E-state index is 10.5. The van der Waals surface area contributed by atoms with Gasteiger partial charge in [0.15, 0.2) is 5.75 Å². The molecule has 4 heteroatoms. The van der Waals surface area contributed by atoms with Gasteiger partial charge in [0.05, 0.1) is 25.0 Å². The molecule has 1 aromatic heterocycles. The molecule has 2 fully saturated rings. The van der Waals surface area contributed by atoms with E-state index in [0.29, 0.717) is 0 Å². The highest BCUT2D eigenvalue weighted by atomic mass is 16.5. The first-order chi connectivity index (χ1) is 12.3. The van der Waals surface area contributed by atoms with Gasteiger partial charge < -0.3 is 9.84 Å². The molecule has 25 heavy (non-hydrogen) atoms. The van der Waals surface area contributed by atoms with Gasteiger partial charge in [0, 0.05) is 0 Å². The van der Waals surface area contributed by atoms with Crippen molar-refractivity contribution in [3.63, 3.8) is 0 Å². The van der Waals surface area contributed by atoms with Crippen LogP contribution in [0.4, 0.5) is 0 Å². The highest BCUT2D eigenvalue weighted by Gasteiger charge is 2.37. The van der Waals surface area contributed by atoms with E-state index in [2.05, 4.69) is 17.2 Å². The Morgan fingerprint density at radius 1 is 1.04 bits per heavy atom. The van der Waals surface area contributed by atoms with E-state index in [1.807, 2.05) is 29.1 Å². The molecule has 2 aliphatic carbocycles. The summed E-state index contributed by atoms with van der Waals surface area (Å²) in [4.78, 5) is 0. The molecule has 1 N–H and O–H groups in total. The van der Waals surface area contributed by atoms with Crippen molar-refractivity contribution >= 4 is 0 Å². The second-order valence-electron chi connectivity index (χ2n) is 7.70. The van der Waals surface area contributed by atoms with Gasteiger partial charge in [-0.1, -0.05) is 49.6 Å². The van der Waals surface area contributed by atoms with Crippen molar-refractivity contribution in [2.24, 2.45) is 11.8 Å². The Morgan fingerprint density at radius 3 is 2.60 bits per heavy atom. The molecular weight excluding hydrogens is 312 g/mol. The summed E-state index contributed by atoms with van der Waals surface area (Å²) in [7, 11) is 0. The van der Waals surface area contributed by atoms with Crippen LogP contribution in [0.3, 0.4) is 0 Å². The summed E-state index contributed by atoms with van der Waals surface area (Å²) in [5.74, 6) is 2.66. The first-order valence-electron chi connectivity index (χ1n) is 9.69. The highest BCUT2D eigenvalue weighted by Crippen LogP contribution is 2.46. The zero-order valence-corrected chi connectivity index (χ0v) is 14.8. The fraction of sp³-hybridized carbons (Fsp3) is 0.571. The molecule has 4 atom stereocenters. The molecule has 134 valence electrons. The van der Waals surface area contributed by atoms with Crippen LogP contribution in [0.15, 0.2) is 42.7 Å². The van der Waals surface area contributed by atoms with E-state index in [9.17, 15) is 5.11 Å². The normalized spacial score (nSPS) is 29.6. The van der Waals surface area contributed by atoms with Gasteiger partial charge in [-0.3, -0.25) is 4.68 Å². The number of aliphatic hydroxyl groups excluding tert-OH is 1. The standard InChI is InChI=1S/C21H28N2O2/c24-20-10-4-8-17-12-18(17)9-5-11-21(20)25-19-13-22-23(15-19)14-16-6-2-1-3-7-16/h1-3,6-7,13,15,17-18,20-21,24H,4-5,8-12,14H2/t17?,18?,20-,21-/m1/s1.